The molecule has 3 atom stereocenters. The van der Waals surface area contributed by atoms with Crippen molar-refractivity contribution in [3.05, 3.63) is 41.6 Å². The van der Waals surface area contributed by atoms with Gasteiger partial charge in [0.2, 0.25) is 11.8 Å². The molecule has 0 saturated heterocycles. The van der Waals surface area contributed by atoms with Crippen molar-refractivity contribution in [1.29, 1.82) is 0 Å². The molecule has 1 aromatic carbocycles. The molecular weight excluding hydrogens is 308 g/mol. The SMILES string of the molecule is CC(=O)N1C=Cc2ccccc2C1CC(=O)NC(C)C(C)C(=O)O. The molecule has 1 aliphatic heterocycles. The average molecular weight is 330 g/mol. The summed E-state index contributed by atoms with van der Waals surface area (Å²) in [6, 6.07) is 6.72. The van der Waals surface area contributed by atoms with Crippen molar-refractivity contribution in [2.75, 3.05) is 0 Å². The molecule has 0 aromatic heterocycles. The van der Waals surface area contributed by atoms with Crippen molar-refractivity contribution < 1.29 is 19.5 Å². The zero-order valence-electron chi connectivity index (χ0n) is 14.0. The van der Waals surface area contributed by atoms with Crippen molar-refractivity contribution in [2.24, 2.45) is 5.92 Å². The molecule has 0 aliphatic carbocycles. The van der Waals surface area contributed by atoms with E-state index in [9.17, 15) is 14.4 Å². The smallest absolute Gasteiger partial charge is 0.308 e. The summed E-state index contributed by atoms with van der Waals surface area (Å²) < 4.78 is 0. The number of aliphatic carboxylic acids is 1. The number of nitrogens with zero attached hydrogens (tertiary/aromatic N) is 1. The molecule has 0 fully saturated rings. The second-order valence-electron chi connectivity index (χ2n) is 6.07. The lowest BCUT2D eigenvalue weighted by molar-refractivity contribution is -0.142. The highest BCUT2D eigenvalue weighted by atomic mass is 16.4. The number of nitrogens with one attached hydrogen (secondary N) is 1. The van der Waals surface area contributed by atoms with Gasteiger partial charge in [0.25, 0.3) is 0 Å². The third-order valence-electron chi connectivity index (χ3n) is 4.38. The zero-order chi connectivity index (χ0) is 17.9. The number of carbonyl (C=O) groups is 3. The van der Waals surface area contributed by atoms with Crippen LogP contribution in [0.1, 0.15) is 44.4 Å². The average Bonchev–Trinajstić information content (AvgIpc) is 2.53. The molecule has 2 N–H and O–H groups in total. The number of rotatable bonds is 5. The standard InChI is InChI=1S/C18H22N2O4/c1-11(18(23)24)12(2)19-17(22)10-16-15-7-5-4-6-14(15)8-9-20(16)13(3)21/h4-9,11-12,16H,10H2,1-3H3,(H,19,22)(H,23,24). The maximum absolute atomic E-state index is 12.4. The van der Waals surface area contributed by atoms with Gasteiger partial charge in [0, 0.05) is 19.2 Å². The summed E-state index contributed by atoms with van der Waals surface area (Å²) in [5.74, 6) is -2.07. The second kappa shape index (κ2) is 7.29. The summed E-state index contributed by atoms with van der Waals surface area (Å²) in [6.45, 7) is 4.67. The van der Waals surface area contributed by atoms with E-state index < -0.39 is 24.0 Å². The van der Waals surface area contributed by atoms with Crippen molar-refractivity contribution in [1.82, 2.24) is 10.2 Å². The number of fused-ring (bicyclic) bond motifs is 1. The molecule has 6 nitrogen and oxygen atoms in total. The molecule has 6 heteroatoms. The van der Waals surface area contributed by atoms with E-state index in [0.29, 0.717) is 0 Å². The quantitative estimate of drug-likeness (QED) is 0.866. The first kappa shape index (κ1) is 17.7. The Morgan fingerprint density at radius 2 is 1.92 bits per heavy atom. The van der Waals surface area contributed by atoms with Crippen molar-refractivity contribution in [3.63, 3.8) is 0 Å². The second-order valence-corrected chi connectivity index (χ2v) is 6.07. The van der Waals surface area contributed by atoms with Crippen molar-refractivity contribution >= 4 is 23.9 Å². The fourth-order valence-electron chi connectivity index (χ4n) is 2.74. The van der Waals surface area contributed by atoms with Gasteiger partial charge in [-0.1, -0.05) is 24.3 Å². The van der Waals surface area contributed by atoms with E-state index in [1.165, 1.54) is 11.8 Å². The van der Waals surface area contributed by atoms with Gasteiger partial charge >= 0.3 is 5.97 Å². The molecule has 24 heavy (non-hydrogen) atoms. The van der Waals surface area contributed by atoms with E-state index in [-0.39, 0.29) is 18.2 Å². The van der Waals surface area contributed by atoms with Crippen LogP contribution in [0.3, 0.4) is 0 Å². The Morgan fingerprint density at radius 3 is 2.54 bits per heavy atom. The lowest BCUT2D eigenvalue weighted by Gasteiger charge is -2.32. The van der Waals surface area contributed by atoms with Crippen LogP contribution in [0, 0.1) is 5.92 Å². The molecule has 128 valence electrons. The van der Waals surface area contributed by atoms with Crippen LogP contribution >= 0.6 is 0 Å². The van der Waals surface area contributed by atoms with E-state index >= 15 is 0 Å². The summed E-state index contributed by atoms with van der Waals surface area (Å²) in [5, 5.41) is 11.7. The third kappa shape index (κ3) is 3.82. The molecule has 1 aromatic rings. The Kier molecular flexibility index (Phi) is 5.39. The Morgan fingerprint density at radius 1 is 1.25 bits per heavy atom. The minimum absolute atomic E-state index is 0.0810. The minimum Gasteiger partial charge on any atom is -0.481 e. The lowest BCUT2D eigenvalue weighted by Crippen LogP contribution is -2.42. The molecule has 1 heterocycles. The molecule has 0 spiro atoms. The summed E-state index contributed by atoms with van der Waals surface area (Å²) in [4.78, 5) is 36.8. The van der Waals surface area contributed by atoms with Crippen LogP contribution < -0.4 is 5.32 Å². The fraction of sp³-hybridized carbons (Fsp3) is 0.389. The molecule has 0 radical (unpaired) electrons. The number of carbonyl (C=O) groups excluding carboxylic acids is 2. The van der Waals surface area contributed by atoms with Crippen LogP contribution in [0.25, 0.3) is 6.08 Å². The summed E-state index contributed by atoms with van der Waals surface area (Å²) in [7, 11) is 0. The van der Waals surface area contributed by atoms with Gasteiger partial charge in [-0.2, -0.15) is 0 Å². The Hall–Kier alpha value is -2.63. The Balaban J connectivity index is 2.16. The summed E-state index contributed by atoms with van der Waals surface area (Å²) >= 11 is 0. The number of benzene rings is 1. The van der Waals surface area contributed by atoms with E-state index in [1.807, 2.05) is 30.3 Å². The number of hydrogen-bond donors (Lipinski definition) is 2. The first-order valence-corrected chi connectivity index (χ1v) is 7.89. The number of carboxylic acid groups (broad SMARTS) is 1. The van der Waals surface area contributed by atoms with E-state index in [2.05, 4.69) is 5.32 Å². The van der Waals surface area contributed by atoms with Gasteiger partial charge < -0.3 is 15.3 Å². The number of carboxylic acids is 1. The Labute approximate surface area is 141 Å². The topological polar surface area (TPSA) is 86.7 Å². The molecule has 1 aliphatic rings. The van der Waals surface area contributed by atoms with Gasteiger partial charge in [-0.15, -0.1) is 0 Å². The van der Waals surface area contributed by atoms with Crippen LogP contribution in [0.15, 0.2) is 30.5 Å². The predicted molar refractivity (Wildman–Crippen MR) is 89.8 cm³/mol. The van der Waals surface area contributed by atoms with Crippen LogP contribution in [-0.2, 0) is 14.4 Å². The number of amides is 2. The third-order valence-corrected chi connectivity index (χ3v) is 4.38. The van der Waals surface area contributed by atoms with Crippen LogP contribution in [0.5, 0.6) is 0 Å². The highest BCUT2D eigenvalue weighted by molar-refractivity contribution is 5.82. The van der Waals surface area contributed by atoms with Crippen LogP contribution in [0.2, 0.25) is 0 Å². The maximum Gasteiger partial charge on any atom is 0.308 e. The van der Waals surface area contributed by atoms with Crippen molar-refractivity contribution in [2.45, 2.75) is 39.3 Å². The molecule has 3 unspecified atom stereocenters. The van der Waals surface area contributed by atoms with Crippen LogP contribution in [0.4, 0.5) is 0 Å². The minimum atomic E-state index is -0.959. The van der Waals surface area contributed by atoms with Gasteiger partial charge in [0.05, 0.1) is 18.4 Å². The predicted octanol–water partition coefficient (Wildman–Crippen LogP) is 2.18. The highest BCUT2D eigenvalue weighted by Gasteiger charge is 2.29. The zero-order valence-corrected chi connectivity index (χ0v) is 14.0. The number of hydrogen-bond acceptors (Lipinski definition) is 3. The molecule has 0 saturated carbocycles. The van der Waals surface area contributed by atoms with Crippen LogP contribution in [-0.4, -0.2) is 33.8 Å². The molecule has 0 bridgehead atoms. The monoisotopic (exact) mass is 330 g/mol. The van der Waals surface area contributed by atoms with E-state index in [1.54, 1.807) is 20.0 Å². The van der Waals surface area contributed by atoms with Gasteiger partial charge in [0.1, 0.15) is 0 Å². The van der Waals surface area contributed by atoms with Gasteiger partial charge in [0.15, 0.2) is 0 Å². The first-order valence-electron chi connectivity index (χ1n) is 7.89. The maximum atomic E-state index is 12.4. The van der Waals surface area contributed by atoms with E-state index in [4.69, 9.17) is 5.11 Å². The normalized spacial score (nSPS) is 18.5. The van der Waals surface area contributed by atoms with E-state index in [0.717, 1.165) is 11.1 Å². The summed E-state index contributed by atoms with van der Waals surface area (Å²) in [6.07, 6.45) is 3.61. The molecule has 2 rings (SSSR count). The van der Waals surface area contributed by atoms with Gasteiger partial charge in [-0.3, -0.25) is 14.4 Å². The Bertz CT molecular complexity index is 683. The van der Waals surface area contributed by atoms with Gasteiger partial charge in [-0.25, -0.2) is 0 Å². The first-order chi connectivity index (χ1) is 11.3. The fourth-order valence-corrected chi connectivity index (χ4v) is 2.74. The molecule has 2 amide bonds. The lowest BCUT2D eigenvalue weighted by atomic mass is 9.93. The van der Waals surface area contributed by atoms with Crippen molar-refractivity contribution in [3.8, 4) is 0 Å². The summed E-state index contributed by atoms with van der Waals surface area (Å²) in [5.41, 5.74) is 1.88. The molecular formula is C18H22N2O4. The largest absolute Gasteiger partial charge is 0.481 e. The highest BCUT2D eigenvalue weighted by Crippen LogP contribution is 2.32. The van der Waals surface area contributed by atoms with Gasteiger partial charge in [-0.05, 0) is 31.1 Å².